The topological polar surface area (TPSA) is 45.5 Å². The van der Waals surface area contributed by atoms with E-state index in [1.165, 1.54) is 44.1 Å². The fourth-order valence-corrected chi connectivity index (χ4v) is 4.75. The molecular formula is C22H32IN5. The first kappa shape index (κ1) is 21.1. The van der Waals surface area contributed by atoms with Crippen LogP contribution in [0.15, 0.2) is 47.7 Å². The maximum Gasteiger partial charge on any atom is 0.194 e. The van der Waals surface area contributed by atoms with Crippen molar-refractivity contribution in [1.29, 1.82) is 0 Å². The van der Waals surface area contributed by atoms with Gasteiger partial charge in [-0.1, -0.05) is 49.6 Å². The molecule has 1 spiro atoms. The molecule has 0 bridgehead atoms. The van der Waals surface area contributed by atoms with Crippen LogP contribution in [0.2, 0.25) is 0 Å². The molecule has 152 valence electrons. The van der Waals surface area contributed by atoms with Gasteiger partial charge in [-0.15, -0.1) is 24.0 Å². The number of imidazole rings is 1. The van der Waals surface area contributed by atoms with Gasteiger partial charge in [-0.25, -0.2) is 4.98 Å². The standard InChI is InChI=1S/C22H31N5.HI/c1-23-21(27-14-12-22(18-27)10-6-3-7-11-22)25-16-20-24-13-15-26(20)17-19-8-4-2-5-9-19;/h2,4-5,8-9,13,15H,3,6-7,10-12,14,16-18H2,1H3,(H,23,25);1H. The fraction of sp³-hybridized carbons (Fsp3) is 0.545. The maximum atomic E-state index is 4.56. The van der Waals surface area contributed by atoms with Crippen molar-refractivity contribution in [2.24, 2.45) is 10.4 Å². The fourth-order valence-electron chi connectivity index (χ4n) is 4.75. The largest absolute Gasteiger partial charge is 0.349 e. The monoisotopic (exact) mass is 493 g/mol. The lowest BCUT2D eigenvalue weighted by atomic mass is 9.73. The second kappa shape index (κ2) is 9.76. The third-order valence-corrected chi connectivity index (χ3v) is 6.27. The smallest absolute Gasteiger partial charge is 0.194 e. The van der Waals surface area contributed by atoms with Gasteiger partial charge in [0.15, 0.2) is 5.96 Å². The van der Waals surface area contributed by atoms with Crippen LogP contribution in [-0.4, -0.2) is 40.5 Å². The van der Waals surface area contributed by atoms with Crippen LogP contribution >= 0.6 is 24.0 Å². The van der Waals surface area contributed by atoms with Crippen molar-refractivity contribution in [3.8, 4) is 0 Å². The summed E-state index contributed by atoms with van der Waals surface area (Å²) in [5.74, 6) is 2.07. The lowest BCUT2D eigenvalue weighted by molar-refractivity contribution is 0.203. The number of nitrogens with one attached hydrogen (secondary N) is 1. The summed E-state index contributed by atoms with van der Waals surface area (Å²) in [7, 11) is 1.89. The number of nitrogens with zero attached hydrogens (tertiary/aromatic N) is 4. The first-order chi connectivity index (χ1) is 13.3. The van der Waals surface area contributed by atoms with E-state index in [4.69, 9.17) is 0 Å². The van der Waals surface area contributed by atoms with Crippen LogP contribution in [0.5, 0.6) is 0 Å². The van der Waals surface area contributed by atoms with Gasteiger partial charge in [0.25, 0.3) is 0 Å². The molecule has 5 nitrogen and oxygen atoms in total. The van der Waals surface area contributed by atoms with E-state index < -0.39 is 0 Å². The third-order valence-electron chi connectivity index (χ3n) is 6.27. The Morgan fingerprint density at radius 1 is 1.14 bits per heavy atom. The van der Waals surface area contributed by atoms with E-state index in [1.807, 2.05) is 13.2 Å². The van der Waals surface area contributed by atoms with Crippen molar-refractivity contribution < 1.29 is 0 Å². The summed E-state index contributed by atoms with van der Waals surface area (Å²) in [6, 6.07) is 10.5. The highest BCUT2D eigenvalue weighted by atomic mass is 127. The highest BCUT2D eigenvalue weighted by Gasteiger charge is 2.39. The molecule has 28 heavy (non-hydrogen) atoms. The maximum absolute atomic E-state index is 4.56. The Kier molecular flexibility index (Phi) is 7.37. The first-order valence-corrected chi connectivity index (χ1v) is 10.3. The molecule has 0 atom stereocenters. The number of halogens is 1. The van der Waals surface area contributed by atoms with Crippen LogP contribution < -0.4 is 5.32 Å². The number of likely N-dealkylation sites (tertiary alicyclic amines) is 1. The number of hydrogen-bond acceptors (Lipinski definition) is 2. The third kappa shape index (κ3) is 4.88. The van der Waals surface area contributed by atoms with Crippen LogP contribution in [0, 0.1) is 5.41 Å². The number of benzene rings is 1. The summed E-state index contributed by atoms with van der Waals surface area (Å²) >= 11 is 0. The van der Waals surface area contributed by atoms with Crippen LogP contribution in [0.4, 0.5) is 0 Å². The molecule has 2 fully saturated rings. The molecule has 0 radical (unpaired) electrons. The molecule has 4 rings (SSSR count). The molecule has 1 aromatic carbocycles. The van der Waals surface area contributed by atoms with Crippen molar-refractivity contribution in [1.82, 2.24) is 19.8 Å². The molecule has 2 heterocycles. The molecule has 6 heteroatoms. The van der Waals surface area contributed by atoms with Gasteiger partial charge in [0.05, 0.1) is 6.54 Å². The summed E-state index contributed by atoms with van der Waals surface area (Å²) in [4.78, 5) is 11.6. The van der Waals surface area contributed by atoms with Crippen LogP contribution in [0.1, 0.15) is 49.9 Å². The minimum Gasteiger partial charge on any atom is -0.349 e. The van der Waals surface area contributed by atoms with Crippen molar-refractivity contribution in [3.05, 3.63) is 54.1 Å². The summed E-state index contributed by atoms with van der Waals surface area (Å²) in [6.45, 7) is 3.84. The highest BCUT2D eigenvalue weighted by molar-refractivity contribution is 14.0. The Morgan fingerprint density at radius 2 is 1.93 bits per heavy atom. The second-order valence-electron chi connectivity index (χ2n) is 8.09. The first-order valence-electron chi connectivity index (χ1n) is 10.3. The lowest BCUT2D eigenvalue weighted by Crippen LogP contribution is -2.41. The normalized spacial score (nSPS) is 18.9. The van der Waals surface area contributed by atoms with Gasteiger partial charge in [-0.2, -0.15) is 0 Å². The number of hydrogen-bond donors (Lipinski definition) is 1. The van der Waals surface area contributed by atoms with Gasteiger partial charge >= 0.3 is 0 Å². The molecule has 1 aromatic heterocycles. The van der Waals surface area contributed by atoms with Crippen LogP contribution in [-0.2, 0) is 13.1 Å². The Balaban J connectivity index is 0.00000225. The number of aromatic nitrogens is 2. The number of guanidine groups is 1. The Morgan fingerprint density at radius 3 is 2.68 bits per heavy atom. The molecule has 1 aliphatic carbocycles. The molecule has 1 saturated heterocycles. The van der Waals surface area contributed by atoms with E-state index in [1.54, 1.807) is 0 Å². The predicted molar refractivity (Wildman–Crippen MR) is 125 cm³/mol. The van der Waals surface area contributed by atoms with Crippen LogP contribution in [0.3, 0.4) is 0 Å². The van der Waals surface area contributed by atoms with Gasteiger partial charge in [0.1, 0.15) is 5.82 Å². The molecule has 2 aromatic rings. The number of aliphatic imine (C=N–C) groups is 1. The SMILES string of the molecule is CN=C(NCc1nccn1Cc1ccccc1)N1CCC2(CCCCC2)C1.I. The lowest BCUT2D eigenvalue weighted by Gasteiger charge is -2.33. The summed E-state index contributed by atoms with van der Waals surface area (Å²) in [5.41, 5.74) is 1.83. The van der Waals surface area contributed by atoms with E-state index in [0.29, 0.717) is 12.0 Å². The Bertz CT molecular complexity index is 764. The highest BCUT2D eigenvalue weighted by Crippen LogP contribution is 2.43. The molecule has 1 aliphatic heterocycles. The van der Waals surface area contributed by atoms with E-state index in [-0.39, 0.29) is 24.0 Å². The number of rotatable bonds is 4. The van der Waals surface area contributed by atoms with E-state index in [0.717, 1.165) is 31.4 Å². The Hall–Kier alpha value is -1.57. The molecular weight excluding hydrogens is 461 g/mol. The van der Waals surface area contributed by atoms with Crippen LogP contribution in [0.25, 0.3) is 0 Å². The zero-order chi connectivity index (χ0) is 18.5. The molecule has 1 N–H and O–H groups in total. The minimum atomic E-state index is 0. The Labute approximate surface area is 185 Å². The van der Waals surface area contributed by atoms with Gasteiger partial charge in [0.2, 0.25) is 0 Å². The predicted octanol–water partition coefficient (Wildman–Crippen LogP) is 4.28. The zero-order valence-corrected chi connectivity index (χ0v) is 19.1. The zero-order valence-electron chi connectivity index (χ0n) is 16.8. The van der Waals surface area contributed by atoms with Gasteiger partial charge in [0, 0.05) is 39.1 Å². The second-order valence-corrected chi connectivity index (χ2v) is 8.09. The molecule has 0 amide bonds. The summed E-state index contributed by atoms with van der Waals surface area (Å²) in [5, 5.41) is 3.55. The average Bonchev–Trinajstić information content (AvgIpc) is 3.31. The molecule has 1 saturated carbocycles. The quantitative estimate of drug-likeness (QED) is 0.393. The average molecular weight is 493 g/mol. The van der Waals surface area contributed by atoms with Gasteiger partial charge < -0.3 is 14.8 Å². The summed E-state index contributed by atoms with van der Waals surface area (Å²) < 4.78 is 2.21. The molecule has 2 aliphatic rings. The minimum absolute atomic E-state index is 0. The van der Waals surface area contributed by atoms with E-state index in [2.05, 4.69) is 61.3 Å². The summed E-state index contributed by atoms with van der Waals surface area (Å²) in [6.07, 6.45) is 12.3. The van der Waals surface area contributed by atoms with E-state index >= 15 is 0 Å². The molecule has 0 unspecified atom stereocenters. The van der Waals surface area contributed by atoms with Gasteiger partial charge in [-0.3, -0.25) is 4.99 Å². The van der Waals surface area contributed by atoms with Crippen molar-refractivity contribution in [3.63, 3.8) is 0 Å². The van der Waals surface area contributed by atoms with Crippen molar-refractivity contribution in [2.45, 2.75) is 51.6 Å². The van der Waals surface area contributed by atoms with E-state index in [9.17, 15) is 0 Å². The van der Waals surface area contributed by atoms with Gasteiger partial charge in [-0.05, 0) is 30.2 Å². The van der Waals surface area contributed by atoms with Crippen molar-refractivity contribution >= 4 is 29.9 Å². The van der Waals surface area contributed by atoms with Crippen molar-refractivity contribution in [2.75, 3.05) is 20.1 Å².